The van der Waals surface area contributed by atoms with Crippen LogP contribution >= 0.6 is 11.6 Å². The summed E-state index contributed by atoms with van der Waals surface area (Å²) in [7, 11) is 0. The number of rotatable bonds is 2. The molecular weight excluding hydrogens is 264 g/mol. The van der Waals surface area contributed by atoms with Crippen LogP contribution in [0, 0.1) is 13.8 Å². The minimum absolute atomic E-state index is 0.0561. The molecule has 98 valence electrons. The van der Waals surface area contributed by atoms with Crippen molar-refractivity contribution in [1.82, 2.24) is 4.98 Å². The Labute approximate surface area is 116 Å². The van der Waals surface area contributed by atoms with E-state index >= 15 is 0 Å². The number of anilines is 1. The van der Waals surface area contributed by atoms with Crippen LogP contribution in [-0.2, 0) is 0 Å². The van der Waals surface area contributed by atoms with Gasteiger partial charge in [-0.2, -0.15) is 0 Å². The zero-order valence-corrected chi connectivity index (χ0v) is 11.3. The maximum Gasteiger partial charge on any atom is 0.257 e. The molecule has 19 heavy (non-hydrogen) atoms. The van der Waals surface area contributed by atoms with E-state index in [9.17, 15) is 9.90 Å². The third-order valence-electron chi connectivity index (χ3n) is 2.66. The highest BCUT2D eigenvalue weighted by Crippen LogP contribution is 2.27. The number of hydrogen-bond acceptors (Lipinski definition) is 3. The zero-order chi connectivity index (χ0) is 14.0. The van der Waals surface area contributed by atoms with Crippen molar-refractivity contribution in [2.24, 2.45) is 0 Å². The van der Waals surface area contributed by atoms with Crippen LogP contribution in [0.5, 0.6) is 5.75 Å². The lowest BCUT2D eigenvalue weighted by Crippen LogP contribution is -2.13. The summed E-state index contributed by atoms with van der Waals surface area (Å²) in [5, 5.41) is 12.5. The Kier molecular flexibility index (Phi) is 3.71. The fourth-order valence-electron chi connectivity index (χ4n) is 1.81. The number of nitrogens with zero attached hydrogens (tertiary/aromatic N) is 1. The maximum absolute atomic E-state index is 12.0. The molecule has 2 aromatic rings. The molecule has 0 radical (unpaired) electrons. The molecule has 1 heterocycles. The lowest BCUT2D eigenvalue weighted by atomic mass is 10.1. The highest BCUT2D eigenvalue weighted by molar-refractivity contribution is 6.34. The number of aromatic hydroxyl groups is 1. The molecule has 1 aromatic carbocycles. The molecule has 1 amide bonds. The average Bonchev–Trinajstić information content (AvgIpc) is 2.33. The molecule has 0 atom stereocenters. The fraction of sp³-hybridized carbons (Fsp3) is 0.143. The Morgan fingerprint density at radius 3 is 2.63 bits per heavy atom. The number of amides is 1. The Balaban J connectivity index is 2.29. The van der Waals surface area contributed by atoms with Crippen LogP contribution in [0.3, 0.4) is 0 Å². The van der Waals surface area contributed by atoms with Gasteiger partial charge in [0.15, 0.2) is 0 Å². The topological polar surface area (TPSA) is 62.2 Å². The summed E-state index contributed by atoms with van der Waals surface area (Å²) in [6, 6.07) is 5.06. The van der Waals surface area contributed by atoms with E-state index in [-0.39, 0.29) is 17.2 Å². The summed E-state index contributed by atoms with van der Waals surface area (Å²) in [5.74, 6) is -0.420. The number of halogens is 1. The van der Waals surface area contributed by atoms with Crippen LogP contribution < -0.4 is 5.32 Å². The van der Waals surface area contributed by atoms with Crippen LogP contribution in [-0.4, -0.2) is 16.0 Å². The minimum Gasteiger partial charge on any atom is -0.506 e. The molecule has 0 saturated heterocycles. The second-order valence-corrected chi connectivity index (χ2v) is 4.73. The molecule has 0 unspecified atom stereocenters. The lowest BCUT2D eigenvalue weighted by Gasteiger charge is -2.11. The zero-order valence-electron chi connectivity index (χ0n) is 10.6. The molecule has 2 rings (SSSR count). The number of hydrogen-bond donors (Lipinski definition) is 2. The molecule has 0 spiro atoms. The number of carbonyl (C=O) groups excluding carboxylic acids is 1. The van der Waals surface area contributed by atoms with Crippen molar-refractivity contribution in [1.29, 1.82) is 0 Å². The predicted molar refractivity (Wildman–Crippen MR) is 74.8 cm³/mol. The molecular formula is C14H13ClN2O2. The highest BCUT2D eigenvalue weighted by Gasteiger charge is 2.12. The summed E-state index contributed by atoms with van der Waals surface area (Å²) in [6.07, 6.45) is 2.65. The van der Waals surface area contributed by atoms with E-state index in [1.165, 1.54) is 18.5 Å². The van der Waals surface area contributed by atoms with E-state index in [2.05, 4.69) is 10.3 Å². The molecule has 0 aliphatic rings. The van der Waals surface area contributed by atoms with Crippen LogP contribution in [0.25, 0.3) is 0 Å². The van der Waals surface area contributed by atoms with Crippen molar-refractivity contribution >= 4 is 23.2 Å². The largest absolute Gasteiger partial charge is 0.506 e. The molecule has 5 heteroatoms. The average molecular weight is 277 g/mol. The molecule has 1 aromatic heterocycles. The summed E-state index contributed by atoms with van der Waals surface area (Å²) < 4.78 is 0. The highest BCUT2D eigenvalue weighted by atomic mass is 35.5. The van der Waals surface area contributed by atoms with E-state index in [0.29, 0.717) is 10.7 Å². The van der Waals surface area contributed by atoms with Crippen LogP contribution in [0.2, 0.25) is 5.02 Å². The predicted octanol–water partition coefficient (Wildman–Crippen LogP) is 3.31. The van der Waals surface area contributed by atoms with Gasteiger partial charge in [0.2, 0.25) is 0 Å². The van der Waals surface area contributed by atoms with Crippen LogP contribution in [0.4, 0.5) is 5.69 Å². The Morgan fingerprint density at radius 1 is 1.26 bits per heavy atom. The second kappa shape index (κ2) is 5.28. The molecule has 0 saturated carbocycles. The van der Waals surface area contributed by atoms with Gasteiger partial charge in [-0.25, -0.2) is 0 Å². The van der Waals surface area contributed by atoms with Crippen molar-refractivity contribution in [3.8, 4) is 5.75 Å². The summed E-state index contributed by atoms with van der Waals surface area (Å²) >= 11 is 6.12. The number of pyridine rings is 1. The Morgan fingerprint density at radius 2 is 2.00 bits per heavy atom. The quantitative estimate of drug-likeness (QED) is 0.884. The summed E-state index contributed by atoms with van der Waals surface area (Å²) in [5.41, 5.74) is 2.75. The van der Waals surface area contributed by atoms with Crippen molar-refractivity contribution in [3.05, 3.63) is 52.3 Å². The van der Waals surface area contributed by atoms with Gasteiger partial charge in [-0.05, 0) is 37.1 Å². The Bertz CT molecular complexity index is 618. The summed E-state index contributed by atoms with van der Waals surface area (Å²) in [6.45, 7) is 3.80. The number of nitrogens with one attached hydrogen (secondary N) is 1. The molecule has 0 fully saturated rings. The van der Waals surface area contributed by atoms with Gasteiger partial charge in [0.05, 0.1) is 22.5 Å². The van der Waals surface area contributed by atoms with Gasteiger partial charge in [-0.1, -0.05) is 17.7 Å². The van der Waals surface area contributed by atoms with Crippen LogP contribution in [0.15, 0.2) is 30.6 Å². The van der Waals surface area contributed by atoms with E-state index < -0.39 is 0 Å². The first-order chi connectivity index (χ1) is 8.97. The summed E-state index contributed by atoms with van der Waals surface area (Å²) in [4.78, 5) is 15.8. The van der Waals surface area contributed by atoms with Crippen molar-refractivity contribution in [2.45, 2.75) is 13.8 Å². The first-order valence-corrected chi connectivity index (χ1v) is 6.07. The normalized spacial score (nSPS) is 10.3. The van der Waals surface area contributed by atoms with E-state index in [1.54, 1.807) is 6.07 Å². The standard InChI is InChI=1S/C14H13ClN2O2/c1-8-3-9(2)13(12(15)4-8)17-14(19)10-5-11(18)7-16-6-10/h3-7,18H,1-2H3,(H,17,19). The number of benzene rings is 1. The number of aromatic nitrogens is 1. The molecule has 2 N–H and O–H groups in total. The SMILES string of the molecule is Cc1cc(C)c(NC(=O)c2cncc(O)c2)c(Cl)c1. The van der Waals surface area contributed by atoms with Gasteiger partial charge < -0.3 is 10.4 Å². The molecule has 0 aliphatic carbocycles. The smallest absolute Gasteiger partial charge is 0.257 e. The van der Waals surface area contributed by atoms with E-state index in [1.807, 2.05) is 19.9 Å². The van der Waals surface area contributed by atoms with Gasteiger partial charge in [0.25, 0.3) is 5.91 Å². The van der Waals surface area contributed by atoms with Gasteiger partial charge in [0, 0.05) is 6.20 Å². The van der Waals surface area contributed by atoms with Crippen molar-refractivity contribution in [2.75, 3.05) is 5.32 Å². The molecule has 0 aliphatic heterocycles. The lowest BCUT2D eigenvalue weighted by molar-refractivity contribution is 0.102. The van der Waals surface area contributed by atoms with Crippen molar-refractivity contribution in [3.63, 3.8) is 0 Å². The van der Waals surface area contributed by atoms with Gasteiger partial charge >= 0.3 is 0 Å². The number of aryl methyl sites for hydroxylation is 2. The molecule has 4 nitrogen and oxygen atoms in total. The fourth-order valence-corrected chi connectivity index (χ4v) is 2.18. The van der Waals surface area contributed by atoms with E-state index in [4.69, 9.17) is 11.6 Å². The first kappa shape index (κ1) is 13.4. The number of carbonyl (C=O) groups is 1. The van der Waals surface area contributed by atoms with Gasteiger partial charge in [-0.3, -0.25) is 9.78 Å². The van der Waals surface area contributed by atoms with E-state index in [0.717, 1.165) is 11.1 Å². The Hall–Kier alpha value is -2.07. The second-order valence-electron chi connectivity index (χ2n) is 4.32. The van der Waals surface area contributed by atoms with Gasteiger partial charge in [0.1, 0.15) is 5.75 Å². The maximum atomic E-state index is 12.0. The third kappa shape index (κ3) is 3.03. The van der Waals surface area contributed by atoms with Gasteiger partial charge in [-0.15, -0.1) is 0 Å². The molecule has 0 bridgehead atoms. The van der Waals surface area contributed by atoms with Crippen molar-refractivity contribution < 1.29 is 9.90 Å². The monoisotopic (exact) mass is 276 g/mol. The van der Waals surface area contributed by atoms with Crippen LogP contribution in [0.1, 0.15) is 21.5 Å². The first-order valence-electron chi connectivity index (χ1n) is 5.69. The third-order valence-corrected chi connectivity index (χ3v) is 2.95. The minimum atomic E-state index is -0.364.